The minimum absolute atomic E-state index is 0.214. The van der Waals surface area contributed by atoms with Crippen LogP contribution in [0.1, 0.15) is 47.4 Å². The average molecular weight is 465 g/mol. The Balaban J connectivity index is 1.74. The van der Waals surface area contributed by atoms with Crippen molar-refractivity contribution in [1.82, 2.24) is 5.32 Å². The summed E-state index contributed by atoms with van der Waals surface area (Å²) in [5.41, 5.74) is 8.16. The first-order chi connectivity index (χ1) is 15.9. The SMILES string of the molecule is COc1cc(/C=C/C(=O)NC(c2ccc(C(C)C)cc2)c2cccs2)ccc1OCC(N)=O. The van der Waals surface area contributed by atoms with Crippen LogP contribution in [0.5, 0.6) is 11.5 Å². The first-order valence-electron chi connectivity index (χ1n) is 10.6. The first kappa shape index (κ1) is 24.1. The predicted octanol–water partition coefficient (Wildman–Crippen LogP) is 4.66. The minimum Gasteiger partial charge on any atom is -0.493 e. The summed E-state index contributed by atoms with van der Waals surface area (Å²) in [5, 5.41) is 5.11. The molecule has 3 aromatic rings. The van der Waals surface area contributed by atoms with Crippen molar-refractivity contribution in [3.63, 3.8) is 0 Å². The van der Waals surface area contributed by atoms with Gasteiger partial charge in [-0.1, -0.05) is 50.2 Å². The molecule has 2 amide bonds. The molecule has 1 heterocycles. The van der Waals surface area contributed by atoms with Crippen LogP contribution in [-0.2, 0) is 9.59 Å². The lowest BCUT2D eigenvalue weighted by atomic mass is 9.98. The van der Waals surface area contributed by atoms with Gasteiger partial charge in [-0.2, -0.15) is 0 Å². The smallest absolute Gasteiger partial charge is 0.255 e. The van der Waals surface area contributed by atoms with Gasteiger partial charge in [-0.3, -0.25) is 9.59 Å². The van der Waals surface area contributed by atoms with E-state index in [9.17, 15) is 9.59 Å². The molecule has 1 unspecified atom stereocenters. The molecule has 0 saturated carbocycles. The number of rotatable bonds is 10. The van der Waals surface area contributed by atoms with Crippen LogP contribution in [0.25, 0.3) is 6.08 Å². The van der Waals surface area contributed by atoms with Crippen molar-refractivity contribution in [2.24, 2.45) is 5.73 Å². The average Bonchev–Trinajstić information content (AvgIpc) is 3.34. The molecular formula is C26H28N2O4S. The molecule has 3 N–H and O–H groups in total. The molecule has 6 nitrogen and oxygen atoms in total. The zero-order chi connectivity index (χ0) is 23.8. The Kier molecular flexibility index (Phi) is 8.27. The molecule has 3 rings (SSSR count). The third-order valence-corrected chi connectivity index (χ3v) is 5.97. The van der Waals surface area contributed by atoms with Crippen LogP contribution in [-0.4, -0.2) is 25.5 Å². The molecule has 0 radical (unpaired) electrons. The number of carbonyl (C=O) groups is 2. The molecule has 0 aliphatic rings. The molecule has 2 aromatic carbocycles. The summed E-state index contributed by atoms with van der Waals surface area (Å²) in [6, 6.07) is 17.3. The number of primary amides is 1. The fourth-order valence-corrected chi connectivity index (χ4v) is 4.07. The number of nitrogens with one attached hydrogen (secondary N) is 1. The first-order valence-corrected chi connectivity index (χ1v) is 11.5. The summed E-state index contributed by atoms with van der Waals surface area (Å²) >= 11 is 1.60. The van der Waals surface area contributed by atoms with Gasteiger partial charge in [0.1, 0.15) is 0 Å². The van der Waals surface area contributed by atoms with Gasteiger partial charge < -0.3 is 20.5 Å². The number of benzene rings is 2. The fourth-order valence-electron chi connectivity index (χ4n) is 3.27. The number of amides is 2. The fraction of sp³-hybridized carbons (Fsp3) is 0.231. The molecule has 0 fully saturated rings. The topological polar surface area (TPSA) is 90.7 Å². The lowest BCUT2D eigenvalue weighted by molar-refractivity contribution is -0.120. The molecule has 1 aromatic heterocycles. The number of thiophene rings is 1. The molecule has 172 valence electrons. The van der Waals surface area contributed by atoms with Crippen LogP contribution in [0.15, 0.2) is 66.1 Å². The van der Waals surface area contributed by atoms with Crippen LogP contribution in [0.2, 0.25) is 0 Å². The van der Waals surface area contributed by atoms with Crippen LogP contribution in [0, 0.1) is 0 Å². The number of hydrogen-bond donors (Lipinski definition) is 2. The summed E-state index contributed by atoms with van der Waals surface area (Å²) in [6.45, 7) is 4.07. The lowest BCUT2D eigenvalue weighted by Crippen LogP contribution is -2.27. The number of methoxy groups -OCH3 is 1. The zero-order valence-electron chi connectivity index (χ0n) is 18.9. The Bertz CT molecular complexity index is 1110. The van der Waals surface area contributed by atoms with Gasteiger partial charge in [-0.15, -0.1) is 11.3 Å². The van der Waals surface area contributed by atoms with Crippen molar-refractivity contribution in [2.75, 3.05) is 13.7 Å². The molecule has 0 saturated heterocycles. The summed E-state index contributed by atoms with van der Waals surface area (Å²) in [5.74, 6) is 0.508. The minimum atomic E-state index is -0.572. The van der Waals surface area contributed by atoms with E-state index in [0.717, 1.165) is 16.0 Å². The maximum absolute atomic E-state index is 12.8. The van der Waals surface area contributed by atoms with Crippen molar-refractivity contribution in [3.05, 3.63) is 87.6 Å². The number of nitrogens with two attached hydrogens (primary N) is 1. The van der Waals surface area contributed by atoms with Gasteiger partial charge in [0, 0.05) is 11.0 Å². The van der Waals surface area contributed by atoms with Crippen molar-refractivity contribution < 1.29 is 19.1 Å². The second kappa shape index (κ2) is 11.3. The van der Waals surface area contributed by atoms with Crippen molar-refractivity contribution in [2.45, 2.75) is 25.8 Å². The van der Waals surface area contributed by atoms with Crippen molar-refractivity contribution in [3.8, 4) is 11.5 Å². The maximum atomic E-state index is 12.8. The van der Waals surface area contributed by atoms with Crippen LogP contribution in [0.3, 0.4) is 0 Å². The molecule has 0 spiro atoms. The molecule has 33 heavy (non-hydrogen) atoms. The van der Waals surface area contributed by atoms with Gasteiger partial charge in [0.2, 0.25) is 5.91 Å². The molecule has 0 aliphatic heterocycles. The Morgan fingerprint density at radius 3 is 2.39 bits per heavy atom. The van der Waals surface area contributed by atoms with Gasteiger partial charge >= 0.3 is 0 Å². The quantitative estimate of drug-likeness (QED) is 0.427. The second-order valence-corrected chi connectivity index (χ2v) is 8.76. The Labute approximate surface area is 198 Å². The molecule has 7 heteroatoms. The van der Waals surface area contributed by atoms with E-state index in [1.807, 2.05) is 17.5 Å². The molecule has 1 atom stereocenters. The van der Waals surface area contributed by atoms with Gasteiger partial charge in [0.05, 0.1) is 13.2 Å². The number of ether oxygens (including phenoxy) is 2. The molecular weight excluding hydrogens is 436 g/mol. The third kappa shape index (κ3) is 6.70. The summed E-state index contributed by atoms with van der Waals surface area (Å²) in [4.78, 5) is 24.8. The third-order valence-electron chi connectivity index (χ3n) is 5.04. The standard InChI is InChI=1S/C26H28N2O4S/c1-17(2)19-8-10-20(11-9-19)26(23-5-4-14-33-23)28-25(30)13-7-18-6-12-21(22(15-18)31-3)32-16-24(27)29/h4-15,17,26H,16H2,1-3H3,(H2,27,29)(H,28,30)/b13-7+. The Morgan fingerprint density at radius 2 is 1.79 bits per heavy atom. The maximum Gasteiger partial charge on any atom is 0.255 e. The van der Waals surface area contributed by atoms with Gasteiger partial charge in [-0.25, -0.2) is 0 Å². The van der Waals surface area contributed by atoms with Crippen LogP contribution >= 0.6 is 11.3 Å². The highest BCUT2D eigenvalue weighted by Crippen LogP contribution is 2.29. The second-order valence-electron chi connectivity index (χ2n) is 7.78. The Hall–Kier alpha value is -3.58. The summed E-state index contributed by atoms with van der Waals surface area (Å²) in [7, 11) is 1.50. The van der Waals surface area contributed by atoms with Gasteiger partial charge in [-0.05, 0) is 52.3 Å². The normalized spacial score (nSPS) is 12.0. The van der Waals surface area contributed by atoms with Crippen LogP contribution in [0.4, 0.5) is 0 Å². The van der Waals surface area contributed by atoms with Crippen molar-refractivity contribution >= 4 is 29.2 Å². The number of carbonyl (C=O) groups excluding carboxylic acids is 2. The largest absolute Gasteiger partial charge is 0.493 e. The lowest BCUT2D eigenvalue weighted by Gasteiger charge is -2.18. The highest BCUT2D eigenvalue weighted by atomic mass is 32.1. The van der Waals surface area contributed by atoms with E-state index in [2.05, 4.69) is 43.4 Å². The Morgan fingerprint density at radius 1 is 1.06 bits per heavy atom. The highest BCUT2D eigenvalue weighted by molar-refractivity contribution is 7.10. The zero-order valence-corrected chi connectivity index (χ0v) is 19.7. The highest BCUT2D eigenvalue weighted by Gasteiger charge is 2.17. The van der Waals surface area contributed by atoms with Crippen LogP contribution < -0.4 is 20.5 Å². The van der Waals surface area contributed by atoms with E-state index in [1.165, 1.54) is 18.7 Å². The van der Waals surface area contributed by atoms with Gasteiger partial charge in [0.15, 0.2) is 18.1 Å². The van der Waals surface area contributed by atoms with E-state index >= 15 is 0 Å². The molecule has 0 bridgehead atoms. The van der Waals surface area contributed by atoms with E-state index in [0.29, 0.717) is 17.4 Å². The van der Waals surface area contributed by atoms with E-state index in [4.69, 9.17) is 15.2 Å². The van der Waals surface area contributed by atoms with Gasteiger partial charge in [0.25, 0.3) is 5.91 Å². The van der Waals surface area contributed by atoms with Crippen molar-refractivity contribution in [1.29, 1.82) is 0 Å². The summed E-state index contributed by atoms with van der Waals surface area (Å²) < 4.78 is 10.6. The number of hydrogen-bond acceptors (Lipinski definition) is 5. The molecule has 0 aliphatic carbocycles. The monoisotopic (exact) mass is 464 g/mol. The predicted molar refractivity (Wildman–Crippen MR) is 132 cm³/mol. The van der Waals surface area contributed by atoms with E-state index in [1.54, 1.807) is 35.6 Å². The van der Waals surface area contributed by atoms with E-state index < -0.39 is 5.91 Å². The summed E-state index contributed by atoms with van der Waals surface area (Å²) in [6.07, 6.45) is 3.19. The van der Waals surface area contributed by atoms with E-state index in [-0.39, 0.29) is 18.6 Å².